The summed E-state index contributed by atoms with van der Waals surface area (Å²) in [6.07, 6.45) is 0. The highest BCUT2D eigenvalue weighted by molar-refractivity contribution is 6.10. The van der Waals surface area contributed by atoms with E-state index in [2.05, 4.69) is 194 Å². The van der Waals surface area contributed by atoms with Crippen LogP contribution in [0, 0.1) is 0 Å². The fraction of sp³-hybridized carbons (Fsp3) is 0.0612. The Morgan fingerprint density at radius 3 is 1.60 bits per heavy atom. The van der Waals surface area contributed by atoms with Crippen LogP contribution in [0.25, 0.3) is 82.8 Å². The number of hydrogen-bond acceptors (Lipinski definition) is 0. The second-order valence-corrected chi connectivity index (χ2v) is 14.2. The highest BCUT2D eigenvalue weighted by Gasteiger charge is 2.36. The van der Waals surface area contributed by atoms with Gasteiger partial charge in [-0.3, -0.25) is 0 Å². The Morgan fingerprint density at radius 2 is 0.880 bits per heavy atom. The van der Waals surface area contributed by atoms with E-state index < -0.39 is 0 Å². The second kappa shape index (κ2) is 10.9. The van der Waals surface area contributed by atoms with Crippen LogP contribution in [0.4, 0.5) is 0 Å². The standard InChI is InChI=1S/C49H35N/c1-49(2)45-30-36(35-23-26-48-44(29-35)41-19-11-12-20-47(41)50(48)38-17-7-4-8-18-38)21-24-39(45)40-25-22-37(31-46(40)49)43-28-34-16-10-9-15-33(34)27-42(43)32-13-5-3-6-14-32/h3-31H,1-2H3. The molecule has 50 heavy (non-hydrogen) atoms. The van der Waals surface area contributed by atoms with Crippen molar-refractivity contribution in [3.8, 4) is 50.2 Å². The number of para-hydroxylation sites is 2. The molecule has 1 aliphatic rings. The molecule has 9 aromatic rings. The summed E-state index contributed by atoms with van der Waals surface area (Å²) in [6, 6.07) is 64.9. The van der Waals surface area contributed by atoms with Crippen LogP contribution in [0.1, 0.15) is 25.0 Å². The maximum Gasteiger partial charge on any atom is 0.0541 e. The van der Waals surface area contributed by atoms with Crippen molar-refractivity contribution in [3.05, 3.63) is 187 Å². The summed E-state index contributed by atoms with van der Waals surface area (Å²) in [5, 5.41) is 5.08. The molecule has 0 bridgehead atoms. The molecule has 0 N–H and O–H groups in total. The second-order valence-electron chi connectivity index (χ2n) is 14.2. The van der Waals surface area contributed by atoms with Gasteiger partial charge in [-0.2, -0.15) is 0 Å². The molecule has 0 saturated carbocycles. The normalized spacial score (nSPS) is 13.2. The van der Waals surface area contributed by atoms with Crippen LogP contribution in [0.2, 0.25) is 0 Å². The topological polar surface area (TPSA) is 4.93 Å². The van der Waals surface area contributed by atoms with Crippen LogP contribution in [0.3, 0.4) is 0 Å². The fourth-order valence-electron chi connectivity index (χ4n) is 8.43. The first-order valence-corrected chi connectivity index (χ1v) is 17.5. The molecule has 0 saturated heterocycles. The molecule has 0 amide bonds. The number of aromatic nitrogens is 1. The van der Waals surface area contributed by atoms with Gasteiger partial charge in [0.2, 0.25) is 0 Å². The summed E-state index contributed by atoms with van der Waals surface area (Å²) in [5.74, 6) is 0. The quantitative estimate of drug-likeness (QED) is 0.181. The van der Waals surface area contributed by atoms with E-state index in [9.17, 15) is 0 Å². The minimum Gasteiger partial charge on any atom is -0.309 e. The third kappa shape index (κ3) is 4.33. The van der Waals surface area contributed by atoms with Crippen LogP contribution >= 0.6 is 0 Å². The van der Waals surface area contributed by atoms with Gasteiger partial charge in [0.15, 0.2) is 0 Å². The maximum absolute atomic E-state index is 2.45. The van der Waals surface area contributed by atoms with Crippen molar-refractivity contribution in [2.45, 2.75) is 19.3 Å². The summed E-state index contributed by atoms with van der Waals surface area (Å²) in [5.41, 5.74) is 16.5. The van der Waals surface area contributed by atoms with Gasteiger partial charge >= 0.3 is 0 Å². The fourth-order valence-corrected chi connectivity index (χ4v) is 8.43. The van der Waals surface area contributed by atoms with E-state index in [0.29, 0.717) is 0 Å². The van der Waals surface area contributed by atoms with Crippen molar-refractivity contribution in [2.24, 2.45) is 0 Å². The minimum atomic E-state index is -0.145. The van der Waals surface area contributed by atoms with Gasteiger partial charge in [-0.25, -0.2) is 0 Å². The average Bonchev–Trinajstić information content (AvgIpc) is 3.62. The molecular weight excluding hydrogens is 603 g/mol. The van der Waals surface area contributed by atoms with E-state index >= 15 is 0 Å². The summed E-state index contributed by atoms with van der Waals surface area (Å²) in [6.45, 7) is 4.78. The zero-order valence-corrected chi connectivity index (χ0v) is 28.2. The van der Waals surface area contributed by atoms with E-state index in [-0.39, 0.29) is 5.41 Å². The molecule has 0 aliphatic heterocycles. The molecule has 0 fully saturated rings. The zero-order valence-electron chi connectivity index (χ0n) is 28.2. The lowest BCUT2D eigenvalue weighted by Crippen LogP contribution is -2.15. The van der Waals surface area contributed by atoms with Crippen molar-refractivity contribution in [1.82, 2.24) is 4.57 Å². The molecule has 0 atom stereocenters. The average molecular weight is 638 g/mol. The van der Waals surface area contributed by atoms with E-state index in [1.807, 2.05) is 0 Å². The van der Waals surface area contributed by atoms with Crippen molar-refractivity contribution in [1.29, 1.82) is 0 Å². The first-order valence-electron chi connectivity index (χ1n) is 17.5. The van der Waals surface area contributed by atoms with Gasteiger partial charge in [-0.05, 0) is 121 Å². The summed E-state index contributed by atoms with van der Waals surface area (Å²) >= 11 is 0. The van der Waals surface area contributed by atoms with Gasteiger partial charge in [0.05, 0.1) is 11.0 Å². The number of fused-ring (bicyclic) bond motifs is 7. The van der Waals surface area contributed by atoms with Gasteiger partial charge in [0.1, 0.15) is 0 Å². The van der Waals surface area contributed by atoms with Crippen LogP contribution in [-0.2, 0) is 5.41 Å². The van der Waals surface area contributed by atoms with E-state index in [1.165, 1.54) is 93.9 Å². The van der Waals surface area contributed by atoms with E-state index in [1.54, 1.807) is 0 Å². The Kier molecular flexibility index (Phi) is 6.29. The third-order valence-electron chi connectivity index (χ3n) is 11.0. The molecule has 0 unspecified atom stereocenters. The lowest BCUT2D eigenvalue weighted by molar-refractivity contribution is 0.661. The molecule has 8 aromatic carbocycles. The molecule has 1 aliphatic carbocycles. The number of rotatable bonds is 4. The lowest BCUT2D eigenvalue weighted by atomic mass is 9.80. The lowest BCUT2D eigenvalue weighted by Gasteiger charge is -2.23. The molecule has 1 nitrogen and oxygen atoms in total. The van der Waals surface area contributed by atoms with Gasteiger partial charge < -0.3 is 4.57 Å². The van der Waals surface area contributed by atoms with Crippen LogP contribution in [0.15, 0.2) is 176 Å². The molecule has 0 spiro atoms. The Hall–Kier alpha value is -6.18. The van der Waals surface area contributed by atoms with Gasteiger partial charge in [0.25, 0.3) is 0 Å². The Balaban J connectivity index is 1.09. The predicted octanol–water partition coefficient (Wildman–Crippen LogP) is 13.2. The predicted molar refractivity (Wildman–Crippen MR) is 212 cm³/mol. The molecule has 236 valence electrons. The highest BCUT2D eigenvalue weighted by Crippen LogP contribution is 2.51. The summed E-state index contributed by atoms with van der Waals surface area (Å²) < 4.78 is 2.38. The van der Waals surface area contributed by atoms with Crippen LogP contribution in [0.5, 0.6) is 0 Å². The highest BCUT2D eigenvalue weighted by atomic mass is 15.0. The van der Waals surface area contributed by atoms with Gasteiger partial charge in [0, 0.05) is 21.9 Å². The van der Waals surface area contributed by atoms with Crippen molar-refractivity contribution in [3.63, 3.8) is 0 Å². The Labute approximate surface area is 292 Å². The van der Waals surface area contributed by atoms with Crippen molar-refractivity contribution >= 4 is 32.6 Å². The number of benzene rings is 8. The van der Waals surface area contributed by atoms with Crippen LogP contribution < -0.4 is 0 Å². The maximum atomic E-state index is 2.45. The molecular formula is C49H35N. The van der Waals surface area contributed by atoms with E-state index in [0.717, 1.165) is 0 Å². The smallest absolute Gasteiger partial charge is 0.0541 e. The minimum absolute atomic E-state index is 0.145. The SMILES string of the molecule is CC1(C)c2cc(-c3ccc4c(c3)c3ccccc3n4-c3ccccc3)ccc2-c2ccc(-c3cc4ccccc4cc3-c3ccccc3)cc21. The molecule has 1 aromatic heterocycles. The molecule has 10 rings (SSSR count). The van der Waals surface area contributed by atoms with Crippen LogP contribution in [-0.4, -0.2) is 4.57 Å². The van der Waals surface area contributed by atoms with E-state index in [4.69, 9.17) is 0 Å². The van der Waals surface area contributed by atoms with Crippen molar-refractivity contribution in [2.75, 3.05) is 0 Å². The summed E-state index contributed by atoms with van der Waals surface area (Å²) in [4.78, 5) is 0. The first-order chi connectivity index (χ1) is 24.5. The monoisotopic (exact) mass is 637 g/mol. The molecule has 0 radical (unpaired) electrons. The number of nitrogens with zero attached hydrogens (tertiary/aromatic N) is 1. The molecule has 1 heteroatoms. The third-order valence-corrected chi connectivity index (χ3v) is 11.0. The first kappa shape index (κ1) is 28.8. The molecule has 1 heterocycles. The van der Waals surface area contributed by atoms with Gasteiger partial charge in [-0.1, -0.05) is 135 Å². The number of hydrogen-bond donors (Lipinski definition) is 0. The Morgan fingerprint density at radius 1 is 0.360 bits per heavy atom. The zero-order chi connectivity index (χ0) is 33.4. The Bertz CT molecular complexity index is 2760. The van der Waals surface area contributed by atoms with Gasteiger partial charge in [-0.15, -0.1) is 0 Å². The largest absolute Gasteiger partial charge is 0.309 e. The summed E-state index contributed by atoms with van der Waals surface area (Å²) in [7, 11) is 0. The van der Waals surface area contributed by atoms with Crippen molar-refractivity contribution < 1.29 is 0 Å².